The van der Waals surface area contributed by atoms with Crippen molar-refractivity contribution in [2.45, 2.75) is 39.8 Å². The maximum Gasteiger partial charge on any atom is 0.114 e. The third-order valence-corrected chi connectivity index (χ3v) is 3.78. The molecule has 0 radical (unpaired) electrons. The molecule has 18 heavy (non-hydrogen) atoms. The van der Waals surface area contributed by atoms with Crippen molar-refractivity contribution in [1.82, 2.24) is 10.3 Å². The third-order valence-electron chi connectivity index (χ3n) is 2.94. The van der Waals surface area contributed by atoms with Crippen molar-refractivity contribution >= 4 is 11.3 Å². The highest BCUT2D eigenvalue weighted by Crippen LogP contribution is 2.27. The Morgan fingerprint density at radius 2 is 2.00 bits per heavy atom. The Balaban J connectivity index is 2.42. The molecule has 0 aliphatic heterocycles. The van der Waals surface area contributed by atoms with Gasteiger partial charge in [0.25, 0.3) is 0 Å². The number of aromatic nitrogens is 1. The lowest BCUT2D eigenvalue weighted by Gasteiger charge is -2.22. The van der Waals surface area contributed by atoms with Crippen LogP contribution in [0.5, 0.6) is 0 Å². The minimum absolute atomic E-state index is 0.199. The Bertz CT molecular complexity index is 503. The minimum atomic E-state index is 0.199. The van der Waals surface area contributed by atoms with Crippen molar-refractivity contribution in [1.29, 1.82) is 0 Å². The van der Waals surface area contributed by atoms with Crippen molar-refractivity contribution in [3.05, 3.63) is 51.5 Å². The molecular formula is C15H20N2S. The van der Waals surface area contributed by atoms with E-state index in [1.54, 1.807) is 11.3 Å². The Kier molecular flexibility index (Phi) is 4.15. The van der Waals surface area contributed by atoms with Gasteiger partial charge in [-0.15, -0.1) is 11.3 Å². The summed E-state index contributed by atoms with van der Waals surface area (Å²) in [6.45, 7) is 8.64. The third kappa shape index (κ3) is 2.98. The van der Waals surface area contributed by atoms with Crippen molar-refractivity contribution in [3.8, 4) is 0 Å². The van der Waals surface area contributed by atoms with E-state index in [1.165, 1.54) is 16.7 Å². The molecule has 0 spiro atoms. The summed E-state index contributed by atoms with van der Waals surface area (Å²) in [7, 11) is 0. The second kappa shape index (κ2) is 5.63. The van der Waals surface area contributed by atoms with E-state index in [-0.39, 0.29) is 6.04 Å². The van der Waals surface area contributed by atoms with Gasteiger partial charge in [-0.1, -0.05) is 23.8 Å². The average molecular weight is 260 g/mol. The van der Waals surface area contributed by atoms with Crippen LogP contribution >= 0.6 is 11.3 Å². The molecule has 1 N–H and O–H groups in total. The topological polar surface area (TPSA) is 24.9 Å². The maximum atomic E-state index is 4.47. The summed E-state index contributed by atoms with van der Waals surface area (Å²) in [5.41, 5.74) is 3.94. The molecule has 1 aromatic heterocycles. The van der Waals surface area contributed by atoms with Crippen molar-refractivity contribution in [2.24, 2.45) is 0 Å². The number of hydrogen-bond donors (Lipinski definition) is 1. The number of thiazole rings is 1. The van der Waals surface area contributed by atoms with Crippen LogP contribution in [0.1, 0.15) is 41.6 Å². The van der Waals surface area contributed by atoms with E-state index in [0.29, 0.717) is 6.04 Å². The molecule has 3 heteroatoms. The Labute approximate surface area is 113 Å². The van der Waals surface area contributed by atoms with Gasteiger partial charge in [0.05, 0.1) is 6.04 Å². The van der Waals surface area contributed by atoms with E-state index in [1.807, 2.05) is 11.6 Å². The fraction of sp³-hybridized carbons (Fsp3) is 0.400. The van der Waals surface area contributed by atoms with E-state index >= 15 is 0 Å². The van der Waals surface area contributed by atoms with Crippen molar-refractivity contribution < 1.29 is 0 Å². The van der Waals surface area contributed by atoms with E-state index in [9.17, 15) is 0 Å². The summed E-state index contributed by atoms with van der Waals surface area (Å²) in [4.78, 5) is 4.47. The Hall–Kier alpha value is -1.19. The summed E-state index contributed by atoms with van der Waals surface area (Å²) in [5.74, 6) is 0. The molecular weight excluding hydrogens is 240 g/mol. The van der Waals surface area contributed by atoms with Gasteiger partial charge in [0, 0.05) is 17.6 Å². The van der Waals surface area contributed by atoms with Gasteiger partial charge in [-0.05, 0) is 38.8 Å². The molecule has 1 atom stereocenters. The molecule has 1 unspecified atom stereocenters. The normalized spacial score (nSPS) is 12.9. The van der Waals surface area contributed by atoms with E-state index in [4.69, 9.17) is 0 Å². The molecule has 0 bridgehead atoms. The van der Waals surface area contributed by atoms with Gasteiger partial charge in [-0.2, -0.15) is 0 Å². The standard InChI is InChI=1S/C15H20N2S/c1-10(2)17-14(15-16-7-8-18-15)13-9-11(3)5-6-12(13)4/h5-10,14,17H,1-4H3. The van der Waals surface area contributed by atoms with Gasteiger partial charge < -0.3 is 5.32 Å². The highest BCUT2D eigenvalue weighted by Gasteiger charge is 2.19. The van der Waals surface area contributed by atoms with Gasteiger partial charge in [-0.25, -0.2) is 4.98 Å². The second-order valence-corrected chi connectivity index (χ2v) is 5.91. The van der Waals surface area contributed by atoms with Crippen LogP contribution in [0.15, 0.2) is 29.8 Å². The molecule has 0 aliphatic rings. The van der Waals surface area contributed by atoms with Gasteiger partial charge in [0.1, 0.15) is 5.01 Å². The summed E-state index contributed by atoms with van der Waals surface area (Å²) >= 11 is 1.71. The number of aryl methyl sites for hydroxylation is 2. The van der Waals surface area contributed by atoms with Crippen LogP contribution < -0.4 is 5.32 Å². The SMILES string of the molecule is Cc1ccc(C)c(C(NC(C)C)c2nccs2)c1. The van der Waals surface area contributed by atoms with Crippen LogP contribution in [0.2, 0.25) is 0 Å². The van der Waals surface area contributed by atoms with Gasteiger partial charge >= 0.3 is 0 Å². The lowest BCUT2D eigenvalue weighted by atomic mass is 9.98. The van der Waals surface area contributed by atoms with E-state index in [0.717, 1.165) is 5.01 Å². The molecule has 0 saturated heterocycles. The summed E-state index contributed by atoms with van der Waals surface area (Å²) in [6.07, 6.45) is 1.88. The molecule has 1 heterocycles. The predicted molar refractivity (Wildman–Crippen MR) is 78.1 cm³/mol. The van der Waals surface area contributed by atoms with Gasteiger partial charge in [0.2, 0.25) is 0 Å². The van der Waals surface area contributed by atoms with E-state index < -0.39 is 0 Å². The van der Waals surface area contributed by atoms with Crippen LogP contribution in [0.25, 0.3) is 0 Å². The van der Waals surface area contributed by atoms with Crippen LogP contribution in [-0.4, -0.2) is 11.0 Å². The number of benzene rings is 1. The first-order valence-electron chi connectivity index (χ1n) is 6.30. The molecule has 0 fully saturated rings. The molecule has 0 saturated carbocycles. The Morgan fingerprint density at radius 1 is 1.22 bits per heavy atom. The largest absolute Gasteiger partial charge is 0.302 e. The first-order chi connectivity index (χ1) is 8.58. The van der Waals surface area contributed by atoms with Gasteiger partial charge in [0.15, 0.2) is 0 Å². The lowest BCUT2D eigenvalue weighted by molar-refractivity contribution is 0.525. The summed E-state index contributed by atoms with van der Waals surface area (Å²) < 4.78 is 0. The van der Waals surface area contributed by atoms with Crippen molar-refractivity contribution in [3.63, 3.8) is 0 Å². The Morgan fingerprint density at radius 3 is 2.61 bits per heavy atom. The fourth-order valence-corrected chi connectivity index (χ4v) is 2.79. The zero-order chi connectivity index (χ0) is 13.1. The van der Waals surface area contributed by atoms with Crippen LogP contribution in [0.3, 0.4) is 0 Å². The number of hydrogen-bond acceptors (Lipinski definition) is 3. The average Bonchev–Trinajstić information content (AvgIpc) is 2.82. The number of nitrogens with zero attached hydrogens (tertiary/aromatic N) is 1. The van der Waals surface area contributed by atoms with Crippen LogP contribution in [-0.2, 0) is 0 Å². The smallest absolute Gasteiger partial charge is 0.114 e. The molecule has 2 aromatic rings. The molecule has 2 rings (SSSR count). The summed E-state index contributed by atoms with van der Waals surface area (Å²) in [6, 6.07) is 7.24. The van der Waals surface area contributed by atoms with Crippen LogP contribution in [0, 0.1) is 13.8 Å². The fourth-order valence-electron chi connectivity index (χ4n) is 2.08. The number of nitrogens with one attached hydrogen (secondary N) is 1. The first-order valence-corrected chi connectivity index (χ1v) is 7.18. The second-order valence-electron chi connectivity index (χ2n) is 4.98. The molecule has 1 aromatic carbocycles. The monoisotopic (exact) mass is 260 g/mol. The maximum absolute atomic E-state index is 4.47. The number of rotatable bonds is 4. The van der Waals surface area contributed by atoms with Crippen LogP contribution in [0.4, 0.5) is 0 Å². The minimum Gasteiger partial charge on any atom is -0.302 e. The highest BCUT2D eigenvalue weighted by atomic mass is 32.1. The molecule has 0 amide bonds. The molecule has 0 aliphatic carbocycles. The summed E-state index contributed by atoms with van der Waals surface area (Å²) in [5, 5.41) is 6.79. The highest BCUT2D eigenvalue weighted by molar-refractivity contribution is 7.09. The molecule has 96 valence electrons. The lowest BCUT2D eigenvalue weighted by Crippen LogP contribution is -2.29. The predicted octanol–water partition coefficient (Wildman–Crippen LogP) is 3.85. The zero-order valence-electron chi connectivity index (χ0n) is 11.4. The zero-order valence-corrected chi connectivity index (χ0v) is 12.2. The van der Waals surface area contributed by atoms with E-state index in [2.05, 4.69) is 56.2 Å². The quantitative estimate of drug-likeness (QED) is 0.903. The van der Waals surface area contributed by atoms with Gasteiger partial charge in [-0.3, -0.25) is 0 Å². The molecule has 2 nitrogen and oxygen atoms in total. The van der Waals surface area contributed by atoms with Crippen molar-refractivity contribution in [2.75, 3.05) is 0 Å². The first kappa shape index (κ1) is 13.2.